The Hall–Kier alpha value is -2.83. The zero-order valence-corrected chi connectivity index (χ0v) is 13.7. The van der Waals surface area contributed by atoms with Crippen molar-refractivity contribution in [2.45, 2.75) is 25.4 Å². The van der Waals surface area contributed by atoms with Crippen LogP contribution in [0.1, 0.15) is 28.9 Å². The average Bonchev–Trinajstić information content (AvgIpc) is 3.43. The minimum absolute atomic E-state index is 0.158. The highest BCUT2D eigenvalue weighted by molar-refractivity contribution is 5.93. The maximum Gasteiger partial charge on any atom is 0.270 e. The van der Waals surface area contributed by atoms with E-state index in [0.29, 0.717) is 35.6 Å². The minimum atomic E-state index is -0.158. The van der Waals surface area contributed by atoms with Crippen LogP contribution in [0.4, 0.5) is 5.82 Å². The minimum Gasteiger partial charge on any atom is -0.493 e. The van der Waals surface area contributed by atoms with Gasteiger partial charge in [-0.25, -0.2) is 9.97 Å². The van der Waals surface area contributed by atoms with E-state index in [1.54, 1.807) is 20.3 Å². The molecule has 0 saturated heterocycles. The summed E-state index contributed by atoms with van der Waals surface area (Å²) in [5, 5.41) is 6.10. The van der Waals surface area contributed by atoms with Gasteiger partial charge in [-0.3, -0.25) is 4.79 Å². The Morgan fingerprint density at radius 3 is 2.67 bits per heavy atom. The Labute approximate surface area is 140 Å². The molecule has 3 rings (SSSR count). The van der Waals surface area contributed by atoms with Gasteiger partial charge < -0.3 is 20.1 Å². The third-order valence-electron chi connectivity index (χ3n) is 3.73. The van der Waals surface area contributed by atoms with Gasteiger partial charge in [0.2, 0.25) is 0 Å². The smallest absolute Gasteiger partial charge is 0.270 e. The van der Waals surface area contributed by atoms with E-state index in [0.717, 1.165) is 18.4 Å². The Morgan fingerprint density at radius 2 is 1.96 bits per heavy atom. The number of benzene rings is 1. The first-order chi connectivity index (χ1) is 11.7. The van der Waals surface area contributed by atoms with E-state index in [1.807, 2.05) is 18.2 Å². The summed E-state index contributed by atoms with van der Waals surface area (Å²) in [6, 6.07) is 7.64. The summed E-state index contributed by atoms with van der Waals surface area (Å²) in [6.07, 6.45) is 3.47. The van der Waals surface area contributed by atoms with Crippen molar-refractivity contribution in [2.24, 2.45) is 0 Å². The molecule has 1 aliphatic carbocycles. The molecule has 24 heavy (non-hydrogen) atoms. The molecule has 2 N–H and O–H groups in total. The van der Waals surface area contributed by atoms with Gasteiger partial charge >= 0.3 is 0 Å². The van der Waals surface area contributed by atoms with Gasteiger partial charge in [-0.05, 0) is 30.5 Å². The van der Waals surface area contributed by atoms with E-state index >= 15 is 0 Å². The molecule has 7 nitrogen and oxygen atoms in total. The fourth-order valence-corrected chi connectivity index (χ4v) is 2.25. The van der Waals surface area contributed by atoms with Gasteiger partial charge in [0.05, 0.1) is 14.2 Å². The maximum atomic E-state index is 12.0. The lowest BCUT2D eigenvalue weighted by Crippen LogP contribution is -2.26. The molecule has 0 radical (unpaired) electrons. The summed E-state index contributed by atoms with van der Waals surface area (Å²) in [4.78, 5) is 20.2. The monoisotopic (exact) mass is 328 g/mol. The molecule has 1 fully saturated rings. The summed E-state index contributed by atoms with van der Waals surface area (Å²) in [7, 11) is 3.20. The number of amides is 1. The molecule has 1 amide bonds. The highest BCUT2D eigenvalue weighted by Gasteiger charge is 2.24. The first-order valence-electron chi connectivity index (χ1n) is 7.77. The Balaban J connectivity index is 1.64. The van der Waals surface area contributed by atoms with Crippen LogP contribution in [0, 0.1) is 0 Å². The molecule has 1 heterocycles. The fourth-order valence-electron chi connectivity index (χ4n) is 2.25. The van der Waals surface area contributed by atoms with Crippen molar-refractivity contribution in [3.05, 3.63) is 41.9 Å². The lowest BCUT2D eigenvalue weighted by molar-refractivity contribution is 0.0946. The normalized spacial score (nSPS) is 13.2. The zero-order valence-electron chi connectivity index (χ0n) is 13.7. The summed E-state index contributed by atoms with van der Waals surface area (Å²) in [6.45, 7) is 0.543. The van der Waals surface area contributed by atoms with Crippen molar-refractivity contribution in [1.82, 2.24) is 15.3 Å². The van der Waals surface area contributed by atoms with E-state index in [9.17, 15) is 4.79 Å². The molecule has 7 heteroatoms. The van der Waals surface area contributed by atoms with Gasteiger partial charge in [-0.15, -0.1) is 0 Å². The highest BCUT2D eigenvalue weighted by atomic mass is 16.5. The highest BCUT2D eigenvalue weighted by Crippen LogP contribution is 2.27. The average molecular weight is 328 g/mol. The lowest BCUT2D eigenvalue weighted by atomic mass is 10.2. The van der Waals surface area contributed by atoms with Crippen molar-refractivity contribution < 1.29 is 14.3 Å². The number of nitrogens with one attached hydrogen (secondary N) is 2. The molecule has 2 aromatic rings. The van der Waals surface area contributed by atoms with Crippen LogP contribution in [-0.4, -0.2) is 36.1 Å². The van der Waals surface area contributed by atoms with Gasteiger partial charge in [0.1, 0.15) is 17.8 Å². The number of aromatic nitrogens is 2. The number of methoxy groups -OCH3 is 2. The largest absolute Gasteiger partial charge is 0.493 e. The van der Waals surface area contributed by atoms with Crippen LogP contribution in [0.5, 0.6) is 11.5 Å². The van der Waals surface area contributed by atoms with Gasteiger partial charge in [0, 0.05) is 18.7 Å². The molecule has 1 saturated carbocycles. The van der Waals surface area contributed by atoms with Crippen LogP contribution in [0.15, 0.2) is 30.6 Å². The number of rotatable bonds is 7. The number of nitrogens with zero attached hydrogens (tertiary/aromatic N) is 2. The number of carbonyl (C=O) groups is 1. The molecular formula is C17H20N4O3. The molecule has 0 unspecified atom stereocenters. The van der Waals surface area contributed by atoms with Crippen molar-refractivity contribution in [2.75, 3.05) is 19.5 Å². The van der Waals surface area contributed by atoms with Crippen LogP contribution < -0.4 is 20.1 Å². The van der Waals surface area contributed by atoms with E-state index < -0.39 is 0 Å². The first-order valence-corrected chi connectivity index (χ1v) is 7.77. The van der Waals surface area contributed by atoms with E-state index in [-0.39, 0.29) is 5.91 Å². The van der Waals surface area contributed by atoms with Crippen LogP contribution in [0.2, 0.25) is 0 Å². The molecule has 126 valence electrons. The lowest BCUT2D eigenvalue weighted by Gasteiger charge is -2.11. The molecular weight excluding hydrogens is 308 g/mol. The third kappa shape index (κ3) is 3.92. The van der Waals surface area contributed by atoms with E-state index in [1.165, 1.54) is 6.33 Å². The van der Waals surface area contributed by atoms with Crippen LogP contribution in [0.25, 0.3) is 0 Å². The Morgan fingerprint density at radius 1 is 1.17 bits per heavy atom. The van der Waals surface area contributed by atoms with Crippen molar-refractivity contribution in [3.8, 4) is 11.5 Å². The van der Waals surface area contributed by atoms with Gasteiger partial charge in [0.25, 0.3) is 5.91 Å². The fraction of sp³-hybridized carbons (Fsp3) is 0.353. The van der Waals surface area contributed by atoms with Gasteiger partial charge in [-0.1, -0.05) is 6.07 Å². The molecule has 1 aromatic heterocycles. The van der Waals surface area contributed by atoms with E-state index in [2.05, 4.69) is 20.6 Å². The second kappa shape index (κ2) is 7.16. The Bertz CT molecular complexity index is 732. The SMILES string of the molecule is COc1ccc(CNc2cc(C(=O)NC3CC3)ncn2)cc1OC. The maximum absolute atomic E-state index is 12.0. The summed E-state index contributed by atoms with van der Waals surface area (Å²) < 4.78 is 10.5. The van der Waals surface area contributed by atoms with Gasteiger partial charge in [-0.2, -0.15) is 0 Å². The quantitative estimate of drug-likeness (QED) is 0.808. The predicted molar refractivity (Wildman–Crippen MR) is 89.4 cm³/mol. The molecule has 0 bridgehead atoms. The Kier molecular flexibility index (Phi) is 4.79. The summed E-state index contributed by atoms with van der Waals surface area (Å²) in [5.41, 5.74) is 1.38. The number of carbonyl (C=O) groups excluding carboxylic acids is 1. The molecule has 1 aliphatic rings. The van der Waals surface area contributed by atoms with E-state index in [4.69, 9.17) is 9.47 Å². The zero-order chi connectivity index (χ0) is 16.9. The first kappa shape index (κ1) is 16.0. The van der Waals surface area contributed by atoms with Crippen LogP contribution in [0.3, 0.4) is 0 Å². The number of hydrogen-bond acceptors (Lipinski definition) is 6. The standard InChI is InChI=1S/C17H20N4O3/c1-23-14-6-3-11(7-15(14)24-2)9-18-16-8-13(19-10-20-16)17(22)21-12-4-5-12/h3,6-8,10,12H,4-5,9H2,1-2H3,(H,21,22)(H,18,19,20). The van der Waals surface area contributed by atoms with Crippen LogP contribution in [-0.2, 0) is 6.54 Å². The second-order valence-corrected chi connectivity index (χ2v) is 5.58. The van der Waals surface area contributed by atoms with Crippen molar-refractivity contribution in [3.63, 3.8) is 0 Å². The number of hydrogen-bond donors (Lipinski definition) is 2. The molecule has 0 aliphatic heterocycles. The summed E-state index contributed by atoms with van der Waals surface area (Å²) in [5.74, 6) is 1.79. The molecule has 0 atom stereocenters. The number of anilines is 1. The van der Waals surface area contributed by atoms with Crippen molar-refractivity contribution in [1.29, 1.82) is 0 Å². The van der Waals surface area contributed by atoms with Crippen LogP contribution >= 0.6 is 0 Å². The molecule has 1 aromatic carbocycles. The second-order valence-electron chi connectivity index (χ2n) is 5.58. The molecule has 0 spiro atoms. The predicted octanol–water partition coefficient (Wildman–Crippen LogP) is 2.00. The van der Waals surface area contributed by atoms with Crippen molar-refractivity contribution >= 4 is 11.7 Å². The van der Waals surface area contributed by atoms with Gasteiger partial charge in [0.15, 0.2) is 11.5 Å². The third-order valence-corrected chi connectivity index (χ3v) is 3.73. The summed E-state index contributed by atoms with van der Waals surface area (Å²) >= 11 is 0. The topological polar surface area (TPSA) is 85.4 Å². The number of ether oxygens (including phenoxy) is 2.